The van der Waals surface area contributed by atoms with E-state index < -0.39 is 6.17 Å². The molecule has 10 aromatic carbocycles. The van der Waals surface area contributed by atoms with E-state index in [1.54, 1.807) is 0 Å². The predicted molar refractivity (Wildman–Crippen MR) is 251 cm³/mol. The molecular weight excluding hydrogens is 729 g/mol. The van der Waals surface area contributed by atoms with Gasteiger partial charge in [-0.25, -0.2) is 0 Å². The third-order valence-corrected chi connectivity index (χ3v) is 11.5. The van der Waals surface area contributed by atoms with Gasteiger partial charge in [0.25, 0.3) is 0 Å². The van der Waals surface area contributed by atoms with Crippen LogP contribution in [0.15, 0.2) is 211 Å². The summed E-state index contributed by atoms with van der Waals surface area (Å²) in [6.45, 7) is 0.466. The minimum Gasteiger partial charge on any atom is -0.351 e. The number of nitrogens with two attached hydrogens (primary N) is 1. The number of hydrogen-bond donors (Lipinski definition) is 2. The number of hydrogen-bond acceptors (Lipinski definition) is 3. The topological polar surface area (TPSA) is 74.2 Å². The van der Waals surface area contributed by atoms with Crippen LogP contribution in [0.5, 0.6) is 0 Å². The lowest BCUT2D eigenvalue weighted by molar-refractivity contribution is 0.679. The van der Waals surface area contributed by atoms with Crippen LogP contribution in [-0.2, 0) is 6.54 Å². The Morgan fingerprint density at radius 3 is 1.87 bits per heavy atom. The molecular formula is C56H40N4. The zero-order chi connectivity index (χ0) is 40.4. The average molecular weight is 769 g/mol. The zero-order valence-corrected chi connectivity index (χ0v) is 32.9. The van der Waals surface area contributed by atoms with Crippen LogP contribution in [0.1, 0.15) is 28.4 Å². The molecule has 0 spiro atoms. The maximum atomic E-state index is 9.24. The van der Waals surface area contributed by atoms with Gasteiger partial charge in [0.1, 0.15) is 12.0 Å². The first-order valence-corrected chi connectivity index (χ1v) is 20.3. The molecule has 0 aliphatic carbocycles. The highest BCUT2D eigenvalue weighted by Crippen LogP contribution is 2.40. The van der Waals surface area contributed by atoms with E-state index in [0.717, 1.165) is 44.8 Å². The summed E-state index contributed by atoms with van der Waals surface area (Å²) >= 11 is 0. The third-order valence-electron chi connectivity index (χ3n) is 11.5. The van der Waals surface area contributed by atoms with Gasteiger partial charge in [0.05, 0.1) is 18.2 Å². The van der Waals surface area contributed by atoms with Crippen molar-refractivity contribution < 1.29 is 0 Å². The lowest BCUT2D eigenvalue weighted by atomic mass is 9.89. The molecule has 0 saturated carbocycles. The SMILES string of the molecule is N#Cc1ccc(-c2cccc(CN=C(NC(N)c3ccccc3)c3ccc(-c4ccc5cc(-c6c7ccccc7cc7c6ccc6ccccc67)ccc5c4)cc3)c2)cc1. The van der Waals surface area contributed by atoms with Gasteiger partial charge in [-0.2, -0.15) is 5.26 Å². The summed E-state index contributed by atoms with van der Waals surface area (Å²) in [7, 11) is 0. The lowest BCUT2D eigenvalue weighted by Gasteiger charge is -2.18. The van der Waals surface area contributed by atoms with Crippen molar-refractivity contribution in [1.29, 1.82) is 5.26 Å². The van der Waals surface area contributed by atoms with Gasteiger partial charge in [0.15, 0.2) is 0 Å². The Morgan fingerprint density at radius 2 is 1.10 bits per heavy atom. The molecule has 0 heterocycles. The average Bonchev–Trinajstić information content (AvgIpc) is 3.32. The molecule has 10 aromatic rings. The molecule has 4 nitrogen and oxygen atoms in total. The summed E-state index contributed by atoms with van der Waals surface area (Å²) in [4.78, 5) is 5.10. The number of nitrogens with one attached hydrogen (secondary N) is 1. The van der Waals surface area contributed by atoms with Gasteiger partial charge in [0, 0.05) is 5.56 Å². The quantitative estimate of drug-likeness (QED) is 0.0531. The highest BCUT2D eigenvalue weighted by Gasteiger charge is 2.14. The lowest BCUT2D eigenvalue weighted by Crippen LogP contribution is -2.34. The summed E-state index contributed by atoms with van der Waals surface area (Å²) in [5, 5.41) is 22.7. The van der Waals surface area contributed by atoms with Crippen molar-refractivity contribution in [2.75, 3.05) is 0 Å². The molecule has 0 bridgehead atoms. The van der Waals surface area contributed by atoms with Gasteiger partial charge in [-0.3, -0.25) is 4.99 Å². The zero-order valence-electron chi connectivity index (χ0n) is 32.9. The fraction of sp³-hybridized carbons (Fsp3) is 0.0357. The number of benzene rings is 10. The summed E-state index contributed by atoms with van der Waals surface area (Å²) in [5.74, 6) is 0.724. The van der Waals surface area contributed by atoms with Gasteiger partial charge < -0.3 is 11.1 Å². The minimum atomic E-state index is -0.439. The Labute approximate surface area is 349 Å². The van der Waals surface area contributed by atoms with Crippen molar-refractivity contribution in [1.82, 2.24) is 5.32 Å². The second-order valence-corrected chi connectivity index (χ2v) is 15.3. The Bertz CT molecular complexity index is 3270. The van der Waals surface area contributed by atoms with E-state index in [2.05, 4.69) is 157 Å². The normalized spacial score (nSPS) is 12.2. The standard InChI is InChI=1S/C56H40N4/c57-35-37-17-19-39(20-18-37)44-14-8-9-38(31-44)36-59-56(60-55(58)42-11-2-1-3-12-42)43-23-21-40(22-24-43)45-25-26-47-33-49(28-27-46(47)32-45)54-51-16-7-5-13-48(51)34-53-50-15-6-4-10-41(50)29-30-52(53)54/h1-34,55H,36,58H2,(H,59,60). The molecule has 0 aromatic heterocycles. The summed E-state index contributed by atoms with van der Waals surface area (Å²) < 4.78 is 0. The minimum absolute atomic E-state index is 0.439. The Kier molecular flexibility index (Phi) is 9.63. The number of nitriles is 1. The van der Waals surface area contributed by atoms with Crippen molar-refractivity contribution in [3.8, 4) is 39.4 Å². The number of fused-ring (bicyclic) bond motifs is 5. The van der Waals surface area contributed by atoms with E-state index in [0.29, 0.717) is 12.1 Å². The van der Waals surface area contributed by atoms with E-state index >= 15 is 0 Å². The van der Waals surface area contributed by atoms with Gasteiger partial charge in [0.2, 0.25) is 0 Å². The molecule has 0 aliphatic rings. The summed E-state index contributed by atoms with van der Waals surface area (Å²) in [5.41, 5.74) is 17.2. The third kappa shape index (κ3) is 7.16. The molecule has 0 amide bonds. The van der Waals surface area contributed by atoms with E-state index in [-0.39, 0.29) is 0 Å². The van der Waals surface area contributed by atoms with Crippen molar-refractivity contribution in [3.05, 3.63) is 229 Å². The molecule has 3 N–H and O–H groups in total. The van der Waals surface area contributed by atoms with E-state index in [9.17, 15) is 5.26 Å². The molecule has 284 valence electrons. The molecule has 1 unspecified atom stereocenters. The molecule has 0 radical (unpaired) electrons. The van der Waals surface area contributed by atoms with Crippen LogP contribution >= 0.6 is 0 Å². The van der Waals surface area contributed by atoms with Crippen LogP contribution < -0.4 is 11.1 Å². The van der Waals surface area contributed by atoms with Crippen molar-refractivity contribution in [2.45, 2.75) is 12.7 Å². The molecule has 60 heavy (non-hydrogen) atoms. The highest BCUT2D eigenvalue weighted by molar-refractivity contribution is 6.20. The Morgan fingerprint density at radius 1 is 0.483 bits per heavy atom. The maximum absolute atomic E-state index is 9.24. The first kappa shape index (κ1) is 36.5. The van der Waals surface area contributed by atoms with E-state index in [4.69, 9.17) is 10.7 Å². The second kappa shape index (κ2) is 15.8. The first-order chi connectivity index (χ1) is 29.6. The molecule has 10 rings (SSSR count). The van der Waals surface area contributed by atoms with Gasteiger partial charge in [-0.1, -0.05) is 170 Å². The van der Waals surface area contributed by atoms with Crippen LogP contribution in [0.4, 0.5) is 0 Å². The fourth-order valence-corrected chi connectivity index (χ4v) is 8.40. The van der Waals surface area contributed by atoms with Crippen LogP contribution in [-0.4, -0.2) is 5.84 Å². The van der Waals surface area contributed by atoms with Gasteiger partial charge in [-0.15, -0.1) is 0 Å². The maximum Gasteiger partial charge on any atom is 0.130 e. The van der Waals surface area contributed by atoms with Crippen LogP contribution in [0, 0.1) is 11.3 Å². The number of aliphatic imine (C=N–C) groups is 1. The fourth-order valence-electron chi connectivity index (χ4n) is 8.40. The largest absolute Gasteiger partial charge is 0.351 e. The number of nitrogens with zero attached hydrogens (tertiary/aromatic N) is 2. The van der Waals surface area contributed by atoms with Crippen molar-refractivity contribution in [3.63, 3.8) is 0 Å². The first-order valence-electron chi connectivity index (χ1n) is 20.3. The Balaban J connectivity index is 0.960. The number of rotatable bonds is 8. The van der Waals surface area contributed by atoms with Crippen LogP contribution in [0.3, 0.4) is 0 Å². The monoisotopic (exact) mass is 768 g/mol. The van der Waals surface area contributed by atoms with E-state index in [1.807, 2.05) is 60.7 Å². The Hall–Kier alpha value is -7.84. The molecule has 4 heteroatoms. The van der Waals surface area contributed by atoms with Gasteiger partial charge in [-0.05, 0) is 124 Å². The molecule has 1 atom stereocenters. The second-order valence-electron chi connectivity index (χ2n) is 15.3. The highest BCUT2D eigenvalue weighted by atomic mass is 15.1. The van der Waals surface area contributed by atoms with Crippen LogP contribution in [0.25, 0.3) is 76.5 Å². The van der Waals surface area contributed by atoms with Gasteiger partial charge >= 0.3 is 0 Å². The van der Waals surface area contributed by atoms with Crippen LogP contribution in [0.2, 0.25) is 0 Å². The number of amidine groups is 1. The molecule has 0 aliphatic heterocycles. The smallest absolute Gasteiger partial charge is 0.130 e. The summed E-state index contributed by atoms with van der Waals surface area (Å²) in [6, 6.07) is 74.7. The molecule has 0 saturated heterocycles. The van der Waals surface area contributed by atoms with E-state index in [1.165, 1.54) is 54.2 Å². The van der Waals surface area contributed by atoms with Crippen molar-refractivity contribution >= 4 is 48.9 Å². The predicted octanol–water partition coefficient (Wildman–Crippen LogP) is 13.4. The molecule has 0 fully saturated rings. The summed E-state index contributed by atoms with van der Waals surface area (Å²) in [6.07, 6.45) is -0.439. The van der Waals surface area contributed by atoms with Crippen molar-refractivity contribution in [2.24, 2.45) is 10.7 Å².